The number of rotatable bonds is 10. The molecule has 0 spiro atoms. The van der Waals surface area contributed by atoms with E-state index in [0.29, 0.717) is 17.2 Å². The van der Waals surface area contributed by atoms with Crippen molar-refractivity contribution < 1.29 is 10.2 Å². The van der Waals surface area contributed by atoms with Gasteiger partial charge in [-0.05, 0) is 30.5 Å². The molecule has 0 atom stereocenters. The summed E-state index contributed by atoms with van der Waals surface area (Å²) in [6, 6.07) is 6.77. The topological polar surface area (TPSA) is 90.6 Å². The second kappa shape index (κ2) is 12.7. The van der Waals surface area contributed by atoms with E-state index in [2.05, 4.69) is 20.3 Å². The Morgan fingerprint density at radius 2 is 1.59 bits per heavy atom. The molecule has 0 radical (unpaired) electrons. The van der Waals surface area contributed by atoms with Crippen LogP contribution in [0.3, 0.4) is 0 Å². The standard InChI is InChI=1S/C18H24N4O2S3/c1-25-18(21-8-10-26-12-14-16(23)4-2-6-19-14)22-9-11-27-13-15-17(24)5-3-7-20-15/h2-7,23-24H,8-13H2,1H3,(H,21,22). The van der Waals surface area contributed by atoms with Crippen molar-refractivity contribution in [3.8, 4) is 11.5 Å². The van der Waals surface area contributed by atoms with E-state index in [0.717, 1.165) is 35.5 Å². The minimum absolute atomic E-state index is 0.247. The van der Waals surface area contributed by atoms with Crippen molar-refractivity contribution in [1.82, 2.24) is 15.3 Å². The molecule has 0 unspecified atom stereocenters. The number of aromatic nitrogens is 2. The monoisotopic (exact) mass is 424 g/mol. The van der Waals surface area contributed by atoms with Crippen LogP contribution in [-0.4, -0.2) is 56.2 Å². The van der Waals surface area contributed by atoms with Crippen LogP contribution in [0.25, 0.3) is 0 Å². The molecule has 0 aliphatic rings. The molecule has 0 aliphatic heterocycles. The average molecular weight is 425 g/mol. The molecule has 0 bridgehead atoms. The first-order valence-electron chi connectivity index (χ1n) is 8.44. The molecule has 27 heavy (non-hydrogen) atoms. The van der Waals surface area contributed by atoms with Gasteiger partial charge in [-0.2, -0.15) is 23.5 Å². The Kier molecular flexibility index (Phi) is 10.3. The SMILES string of the molecule is CSC(=NCCSCc1ncccc1O)NCCSCc1ncccc1O. The van der Waals surface area contributed by atoms with E-state index in [9.17, 15) is 10.2 Å². The first-order valence-corrected chi connectivity index (χ1v) is 12.0. The molecule has 2 rings (SSSR count). The van der Waals surface area contributed by atoms with Crippen LogP contribution in [0.2, 0.25) is 0 Å². The fraction of sp³-hybridized carbons (Fsp3) is 0.389. The number of nitrogens with zero attached hydrogens (tertiary/aromatic N) is 3. The third-order valence-electron chi connectivity index (χ3n) is 3.42. The lowest BCUT2D eigenvalue weighted by Gasteiger charge is -2.08. The zero-order valence-electron chi connectivity index (χ0n) is 15.2. The quantitative estimate of drug-likeness (QED) is 0.304. The van der Waals surface area contributed by atoms with E-state index in [1.165, 1.54) is 0 Å². The van der Waals surface area contributed by atoms with Gasteiger partial charge in [-0.25, -0.2) is 0 Å². The molecule has 146 valence electrons. The van der Waals surface area contributed by atoms with Gasteiger partial charge in [-0.1, -0.05) is 11.8 Å². The first kappa shape index (κ1) is 21.7. The van der Waals surface area contributed by atoms with Gasteiger partial charge in [0.1, 0.15) is 11.5 Å². The van der Waals surface area contributed by atoms with E-state index in [-0.39, 0.29) is 11.5 Å². The predicted molar refractivity (Wildman–Crippen MR) is 118 cm³/mol. The summed E-state index contributed by atoms with van der Waals surface area (Å²) < 4.78 is 0. The summed E-state index contributed by atoms with van der Waals surface area (Å²) in [5.41, 5.74) is 1.43. The molecule has 0 fully saturated rings. The van der Waals surface area contributed by atoms with Crippen molar-refractivity contribution in [1.29, 1.82) is 0 Å². The number of amidine groups is 1. The fourth-order valence-corrected chi connectivity index (χ4v) is 4.11. The van der Waals surface area contributed by atoms with E-state index < -0.39 is 0 Å². The van der Waals surface area contributed by atoms with E-state index in [1.807, 2.05) is 6.26 Å². The van der Waals surface area contributed by atoms with Crippen molar-refractivity contribution in [3.63, 3.8) is 0 Å². The van der Waals surface area contributed by atoms with Gasteiger partial charge in [0, 0.05) is 41.9 Å². The maximum atomic E-state index is 9.69. The molecule has 0 amide bonds. The molecule has 2 aromatic heterocycles. The Hall–Kier alpha value is -1.58. The van der Waals surface area contributed by atoms with Gasteiger partial charge in [-0.15, -0.1) is 0 Å². The highest BCUT2D eigenvalue weighted by Gasteiger charge is 2.03. The lowest BCUT2D eigenvalue weighted by molar-refractivity contribution is 0.466. The summed E-state index contributed by atoms with van der Waals surface area (Å²) >= 11 is 5.02. The summed E-state index contributed by atoms with van der Waals surface area (Å²) in [6.07, 6.45) is 5.39. The molecule has 2 aromatic rings. The van der Waals surface area contributed by atoms with Crippen molar-refractivity contribution in [3.05, 3.63) is 48.0 Å². The molecular formula is C18H24N4O2S3. The van der Waals surface area contributed by atoms with Crippen LogP contribution < -0.4 is 5.32 Å². The van der Waals surface area contributed by atoms with Crippen LogP contribution in [0.15, 0.2) is 41.7 Å². The smallest absolute Gasteiger partial charge is 0.156 e. The molecule has 6 nitrogen and oxygen atoms in total. The Balaban J connectivity index is 1.59. The fourth-order valence-electron chi connectivity index (χ4n) is 2.05. The van der Waals surface area contributed by atoms with Crippen LogP contribution in [0.4, 0.5) is 0 Å². The van der Waals surface area contributed by atoms with Gasteiger partial charge in [0.25, 0.3) is 0 Å². The molecule has 0 aromatic carbocycles. The maximum Gasteiger partial charge on any atom is 0.156 e. The number of thioether (sulfide) groups is 3. The molecule has 0 saturated carbocycles. The van der Waals surface area contributed by atoms with Gasteiger partial charge < -0.3 is 15.5 Å². The highest BCUT2D eigenvalue weighted by Crippen LogP contribution is 2.19. The van der Waals surface area contributed by atoms with Gasteiger partial charge >= 0.3 is 0 Å². The normalized spacial score (nSPS) is 11.5. The summed E-state index contributed by atoms with van der Waals surface area (Å²) in [7, 11) is 0. The van der Waals surface area contributed by atoms with Crippen molar-refractivity contribution in [2.45, 2.75) is 11.5 Å². The highest BCUT2D eigenvalue weighted by atomic mass is 32.2. The zero-order valence-corrected chi connectivity index (χ0v) is 17.6. The lowest BCUT2D eigenvalue weighted by Crippen LogP contribution is -2.23. The minimum Gasteiger partial charge on any atom is -0.506 e. The molecule has 0 saturated heterocycles. The van der Waals surface area contributed by atoms with Gasteiger partial charge in [0.05, 0.1) is 17.9 Å². The molecule has 0 aliphatic carbocycles. The van der Waals surface area contributed by atoms with Gasteiger partial charge in [-0.3, -0.25) is 15.0 Å². The number of pyridine rings is 2. The van der Waals surface area contributed by atoms with Gasteiger partial charge in [0.15, 0.2) is 5.17 Å². The first-order chi connectivity index (χ1) is 13.2. The summed E-state index contributed by atoms with van der Waals surface area (Å²) in [4.78, 5) is 12.9. The van der Waals surface area contributed by atoms with Crippen LogP contribution in [0, 0.1) is 0 Å². The second-order valence-corrected chi connectivity index (χ2v) is 8.37. The number of nitrogens with one attached hydrogen (secondary N) is 1. The van der Waals surface area contributed by atoms with Crippen molar-refractivity contribution in [2.75, 3.05) is 30.9 Å². The van der Waals surface area contributed by atoms with E-state index in [1.54, 1.807) is 71.9 Å². The summed E-state index contributed by atoms with van der Waals surface area (Å²) in [6.45, 7) is 1.53. The summed E-state index contributed by atoms with van der Waals surface area (Å²) in [5.74, 6) is 3.65. The van der Waals surface area contributed by atoms with Gasteiger partial charge in [0.2, 0.25) is 0 Å². The van der Waals surface area contributed by atoms with Crippen LogP contribution in [-0.2, 0) is 11.5 Å². The number of hydrogen-bond acceptors (Lipinski definition) is 8. The minimum atomic E-state index is 0.247. The number of aromatic hydroxyl groups is 2. The Labute approximate surface area is 172 Å². The molecule has 3 N–H and O–H groups in total. The third-order valence-corrected chi connectivity index (χ3v) is 6.00. The molecule has 2 heterocycles. The number of aliphatic imine (C=N–C) groups is 1. The van der Waals surface area contributed by atoms with E-state index in [4.69, 9.17) is 0 Å². The van der Waals surface area contributed by atoms with Crippen molar-refractivity contribution in [2.24, 2.45) is 4.99 Å². The predicted octanol–water partition coefficient (Wildman–Crippen LogP) is 3.36. The Morgan fingerprint density at radius 1 is 1.00 bits per heavy atom. The Bertz CT molecular complexity index is 731. The van der Waals surface area contributed by atoms with Crippen molar-refractivity contribution >= 4 is 40.5 Å². The maximum absolute atomic E-state index is 9.69. The van der Waals surface area contributed by atoms with Crippen LogP contribution >= 0.6 is 35.3 Å². The lowest BCUT2D eigenvalue weighted by atomic mass is 10.3. The average Bonchev–Trinajstić information content (AvgIpc) is 2.68. The Morgan fingerprint density at radius 3 is 2.15 bits per heavy atom. The molecule has 9 heteroatoms. The largest absolute Gasteiger partial charge is 0.506 e. The van der Waals surface area contributed by atoms with E-state index >= 15 is 0 Å². The highest BCUT2D eigenvalue weighted by molar-refractivity contribution is 8.13. The summed E-state index contributed by atoms with van der Waals surface area (Å²) in [5, 5.41) is 23.6. The van der Waals surface area contributed by atoms with Crippen LogP contribution in [0.5, 0.6) is 11.5 Å². The third kappa shape index (κ3) is 8.32. The van der Waals surface area contributed by atoms with Crippen LogP contribution in [0.1, 0.15) is 11.4 Å². The second-order valence-electron chi connectivity index (χ2n) is 5.36. The molecular weight excluding hydrogens is 400 g/mol. The number of hydrogen-bond donors (Lipinski definition) is 3. The zero-order chi connectivity index (χ0) is 19.3.